The van der Waals surface area contributed by atoms with Crippen LogP contribution in [0.4, 0.5) is 0 Å². The van der Waals surface area contributed by atoms with Crippen molar-refractivity contribution in [2.24, 2.45) is 10.8 Å². The van der Waals surface area contributed by atoms with Crippen LogP contribution in [0.25, 0.3) is 0 Å². The number of benzene rings is 4. The summed E-state index contributed by atoms with van der Waals surface area (Å²) in [6, 6.07) is 21.9. The summed E-state index contributed by atoms with van der Waals surface area (Å²) in [7, 11) is 3.33. The van der Waals surface area contributed by atoms with Gasteiger partial charge in [0.1, 0.15) is 24.2 Å². The second-order valence-corrected chi connectivity index (χ2v) is 24.0. The maximum Gasteiger partial charge on any atom is 0.251 e. The van der Waals surface area contributed by atoms with Gasteiger partial charge in [0.25, 0.3) is 5.91 Å². The van der Waals surface area contributed by atoms with Crippen LogP contribution >= 0.6 is 23.2 Å². The highest BCUT2D eigenvalue weighted by molar-refractivity contribution is 6.42. The van der Waals surface area contributed by atoms with Crippen LogP contribution in [0.3, 0.4) is 0 Å². The standard InChI is InChI=1S/C60H77Cl2N9O7/c1-35(63-9)52(72)67-50(59(3,4)5)57(77)70-33-41-19-12-11-18-40(41)29-48(70)56(76)69(32-42-21-15-23-45(61)49(42)62)31-37-25-27-39(28-26-37)54(74)65-43-30-47(55(75)66-46-24-16-20-38-17-13-14-22-44(38)46)71(34-43)58(78)51(60(6,7)8)68-53(73)36(2)64-10/h11-15,17-19,21-23,25-28,35-36,43,46-48,50-51,63-64H,16,20,24,29-34H2,1-10H3,(H,65,74)(H,66,75)(H,67,72)(H,68,73)/t35?,36?,43-,46+,47-,48?,50?,51?/m0/s1. The van der Waals surface area contributed by atoms with Crippen molar-refractivity contribution in [1.29, 1.82) is 0 Å². The van der Waals surface area contributed by atoms with Crippen LogP contribution in [-0.4, -0.2) is 119 Å². The number of hydrogen-bond acceptors (Lipinski definition) is 9. The predicted octanol–water partition coefficient (Wildman–Crippen LogP) is 6.65. The molecule has 2 aliphatic heterocycles. The third kappa shape index (κ3) is 13.9. The quantitative estimate of drug-likeness (QED) is 0.0670. The molecule has 0 spiro atoms. The number of likely N-dealkylation sites (N-methyl/N-ethyl adjacent to an activating group) is 2. The number of carbonyl (C=O) groups excluding carboxylic acids is 7. The predicted molar refractivity (Wildman–Crippen MR) is 303 cm³/mol. The van der Waals surface area contributed by atoms with Crippen LogP contribution < -0.4 is 31.9 Å². The highest BCUT2D eigenvalue weighted by Crippen LogP contribution is 2.34. The highest BCUT2D eigenvalue weighted by Gasteiger charge is 2.47. The molecule has 3 aliphatic rings. The minimum absolute atomic E-state index is 0.0261. The van der Waals surface area contributed by atoms with Crippen molar-refractivity contribution in [3.63, 3.8) is 0 Å². The molecule has 18 heteroatoms. The van der Waals surface area contributed by atoms with Gasteiger partial charge in [-0.25, -0.2) is 0 Å². The molecular formula is C60H77Cl2N9O7. The molecule has 6 N–H and O–H groups in total. The number of fused-ring (bicyclic) bond motifs is 2. The molecule has 0 bridgehead atoms. The molecule has 8 atom stereocenters. The first-order valence-corrected chi connectivity index (χ1v) is 27.8. The van der Waals surface area contributed by atoms with E-state index in [2.05, 4.69) is 38.0 Å². The van der Waals surface area contributed by atoms with Crippen LogP contribution in [0.5, 0.6) is 0 Å². The van der Waals surface area contributed by atoms with Gasteiger partial charge in [-0.3, -0.25) is 33.6 Å². The molecule has 2 heterocycles. The van der Waals surface area contributed by atoms with E-state index in [1.165, 1.54) is 10.5 Å². The first kappa shape index (κ1) is 59.3. The summed E-state index contributed by atoms with van der Waals surface area (Å²) in [5.74, 6) is -2.63. The van der Waals surface area contributed by atoms with Gasteiger partial charge in [0, 0.05) is 44.2 Å². The number of nitrogens with zero attached hydrogens (tertiary/aromatic N) is 3. The summed E-state index contributed by atoms with van der Waals surface area (Å²) in [6.07, 6.45) is 2.91. The Bertz CT molecular complexity index is 2870. The van der Waals surface area contributed by atoms with Crippen LogP contribution in [0.15, 0.2) is 91.0 Å². The van der Waals surface area contributed by atoms with Crippen molar-refractivity contribution in [2.75, 3.05) is 20.6 Å². The number of aryl methyl sites for hydroxylation is 1. The lowest BCUT2D eigenvalue weighted by atomic mass is 9.84. The van der Waals surface area contributed by atoms with E-state index in [9.17, 15) is 28.8 Å². The van der Waals surface area contributed by atoms with Crippen molar-refractivity contribution in [3.8, 4) is 0 Å². The topological polar surface area (TPSA) is 201 Å². The monoisotopic (exact) mass is 1110 g/mol. The van der Waals surface area contributed by atoms with Gasteiger partial charge in [-0.15, -0.1) is 0 Å². The van der Waals surface area contributed by atoms with Crippen molar-refractivity contribution in [1.82, 2.24) is 46.6 Å². The zero-order valence-electron chi connectivity index (χ0n) is 46.6. The second kappa shape index (κ2) is 25.2. The molecule has 0 saturated carbocycles. The van der Waals surface area contributed by atoms with E-state index in [0.29, 0.717) is 21.7 Å². The van der Waals surface area contributed by atoms with Gasteiger partial charge in [-0.2, -0.15) is 0 Å². The summed E-state index contributed by atoms with van der Waals surface area (Å²) in [4.78, 5) is 105. The number of likely N-dealkylation sites (tertiary alicyclic amines) is 1. The van der Waals surface area contributed by atoms with Gasteiger partial charge < -0.3 is 46.6 Å². The number of carbonyl (C=O) groups is 7. The van der Waals surface area contributed by atoms with Gasteiger partial charge in [0.05, 0.1) is 28.2 Å². The summed E-state index contributed by atoms with van der Waals surface area (Å²) in [5.41, 5.74) is 4.16. The first-order chi connectivity index (χ1) is 36.9. The summed E-state index contributed by atoms with van der Waals surface area (Å²) in [5, 5.41) is 18.7. The van der Waals surface area contributed by atoms with Gasteiger partial charge in [-0.05, 0) is 116 Å². The molecule has 1 aliphatic carbocycles. The molecule has 0 radical (unpaired) electrons. The second-order valence-electron chi connectivity index (χ2n) is 23.3. The maximum atomic E-state index is 15.4. The molecule has 78 heavy (non-hydrogen) atoms. The number of halogens is 2. The summed E-state index contributed by atoms with van der Waals surface area (Å²) in [6.45, 7) is 14.9. The normalized spacial score (nSPS) is 19.7. The van der Waals surface area contributed by atoms with E-state index < -0.39 is 64.9 Å². The SMILES string of the molecule is CNC(C)C(=O)NC(C(=O)N1Cc2ccccc2CC1C(=O)N(Cc1ccc(C(=O)N[C@H]2C[C@@H](C(=O)N[C@@H]3CCCc4ccccc43)N(C(=O)C(NC(=O)C(C)NC)C(C)(C)C)C2)cc1)Cc1cccc(Cl)c1Cl)C(C)(C)C. The molecule has 4 aromatic rings. The molecule has 16 nitrogen and oxygen atoms in total. The van der Waals surface area contributed by atoms with Gasteiger partial charge in [0.2, 0.25) is 35.4 Å². The zero-order chi connectivity index (χ0) is 56.8. The zero-order valence-corrected chi connectivity index (χ0v) is 48.1. The lowest BCUT2D eigenvalue weighted by molar-refractivity contribution is -0.151. The van der Waals surface area contributed by atoms with Crippen LogP contribution in [-0.2, 0) is 61.2 Å². The van der Waals surface area contributed by atoms with E-state index in [4.69, 9.17) is 23.2 Å². The Kier molecular flexibility index (Phi) is 19.2. The third-order valence-corrected chi connectivity index (χ3v) is 16.3. The fraction of sp³-hybridized carbons (Fsp3) is 0.483. The number of rotatable bonds is 17. The number of nitrogens with one attached hydrogen (secondary N) is 6. The van der Waals surface area contributed by atoms with Gasteiger partial charge >= 0.3 is 0 Å². The van der Waals surface area contributed by atoms with E-state index in [1.54, 1.807) is 80.2 Å². The van der Waals surface area contributed by atoms with E-state index >= 15 is 4.79 Å². The van der Waals surface area contributed by atoms with Crippen LogP contribution in [0, 0.1) is 10.8 Å². The molecule has 5 unspecified atom stereocenters. The summed E-state index contributed by atoms with van der Waals surface area (Å²) >= 11 is 13.3. The lowest BCUT2D eigenvalue weighted by Gasteiger charge is -2.42. The minimum Gasteiger partial charge on any atom is -0.347 e. The number of hydrogen-bond donors (Lipinski definition) is 6. The van der Waals surface area contributed by atoms with E-state index in [-0.39, 0.29) is 79.6 Å². The molecule has 7 rings (SSSR count). The Hall–Kier alpha value is -6.33. The molecule has 4 aromatic carbocycles. The fourth-order valence-corrected chi connectivity index (χ4v) is 10.9. The van der Waals surface area contributed by atoms with Gasteiger partial charge in [0.15, 0.2) is 0 Å². The lowest BCUT2D eigenvalue weighted by Crippen LogP contribution is -2.62. The highest BCUT2D eigenvalue weighted by atomic mass is 35.5. The molecular weight excluding hydrogens is 1030 g/mol. The first-order valence-electron chi connectivity index (χ1n) is 27.0. The van der Waals surface area contributed by atoms with E-state index in [0.717, 1.165) is 36.0 Å². The van der Waals surface area contributed by atoms with Crippen molar-refractivity contribution in [3.05, 3.63) is 140 Å². The fourth-order valence-electron chi connectivity index (χ4n) is 10.6. The molecule has 0 aromatic heterocycles. The van der Waals surface area contributed by atoms with Gasteiger partial charge in [-0.1, -0.05) is 138 Å². The van der Waals surface area contributed by atoms with Crippen LogP contribution in [0.1, 0.15) is 124 Å². The van der Waals surface area contributed by atoms with Crippen molar-refractivity contribution >= 4 is 64.6 Å². The Morgan fingerprint density at radius 2 is 1.24 bits per heavy atom. The number of amides is 7. The Morgan fingerprint density at radius 1 is 0.667 bits per heavy atom. The smallest absolute Gasteiger partial charge is 0.251 e. The largest absolute Gasteiger partial charge is 0.347 e. The maximum absolute atomic E-state index is 15.4. The molecule has 1 saturated heterocycles. The molecule has 418 valence electrons. The van der Waals surface area contributed by atoms with Crippen LogP contribution in [0.2, 0.25) is 10.0 Å². The Morgan fingerprint density at radius 3 is 1.85 bits per heavy atom. The van der Waals surface area contributed by atoms with Crippen molar-refractivity contribution < 1.29 is 33.6 Å². The minimum atomic E-state index is -0.979. The average molecular weight is 1110 g/mol. The molecule has 7 amide bonds. The Labute approximate surface area is 469 Å². The average Bonchev–Trinajstić information content (AvgIpc) is 3.90. The Balaban J connectivity index is 1.14. The van der Waals surface area contributed by atoms with E-state index in [1.807, 2.05) is 84.0 Å². The van der Waals surface area contributed by atoms with Crippen molar-refractivity contribution in [2.45, 2.75) is 155 Å². The molecule has 1 fully saturated rings. The third-order valence-electron chi connectivity index (χ3n) is 15.5. The summed E-state index contributed by atoms with van der Waals surface area (Å²) < 4.78 is 0.